The molecule has 0 fully saturated rings. The average molecular weight is 343 g/mol. The van der Waals surface area contributed by atoms with E-state index >= 15 is 0 Å². The van der Waals surface area contributed by atoms with Crippen molar-refractivity contribution in [3.63, 3.8) is 0 Å². The summed E-state index contributed by atoms with van der Waals surface area (Å²) in [6, 6.07) is 5.11. The van der Waals surface area contributed by atoms with Gasteiger partial charge in [0.25, 0.3) is 5.91 Å². The first-order valence-corrected chi connectivity index (χ1v) is 7.52. The predicted octanol–water partition coefficient (Wildman–Crippen LogP) is 3.22. The Morgan fingerprint density at radius 1 is 1.45 bits per heavy atom. The predicted molar refractivity (Wildman–Crippen MR) is 87.9 cm³/mol. The van der Waals surface area contributed by atoms with Crippen molar-refractivity contribution >= 4 is 35.3 Å². The number of halogens is 2. The Kier molecular flexibility index (Phi) is 5.39. The fraction of sp³-hybridized carbons (Fsp3) is 0.267. The molecule has 2 heterocycles. The number of ether oxygens (including phenoxy) is 1. The number of anilines is 1. The summed E-state index contributed by atoms with van der Waals surface area (Å²) in [6.07, 6.45) is 0.637. The second-order valence-corrected chi connectivity index (χ2v) is 5.71. The van der Waals surface area contributed by atoms with E-state index in [-0.39, 0.29) is 29.8 Å². The van der Waals surface area contributed by atoms with E-state index in [9.17, 15) is 9.18 Å². The molecule has 1 aliphatic heterocycles. The number of hydrogen-bond donors (Lipinski definition) is 2. The van der Waals surface area contributed by atoms with Gasteiger partial charge in [0.05, 0.1) is 17.7 Å². The van der Waals surface area contributed by atoms with Crippen LogP contribution in [0, 0.1) is 5.82 Å². The zero-order valence-corrected chi connectivity index (χ0v) is 13.6. The van der Waals surface area contributed by atoms with Gasteiger partial charge in [-0.15, -0.1) is 23.7 Å². The van der Waals surface area contributed by atoms with E-state index in [1.165, 1.54) is 11.3 Å². The van der Waals surface area contributed by atoms with Gasteiger partial charge in [0, 0.05) is 18.0 Å². The number of hydrogen-bond acceptors (Lipinski definition) is 4. The van der Waals surface area contributed by atoms with Crippen molar-refractivity contribution in [1.82, 2.24) is 5.32 Å². The molecule has 4 nitrogen and oxygen atoms in total. The Morgan fingerprint density at radius 2 is 2.27 bits per heavy atom. The molecule has 2 N–H and O–H groups in total. The van der Waals surface area contributed by atoms with Crippen LogP contribution in [0.5, 0.6) is 5.75 Å². The van der Waals surface area contributed by atoms with Crippen LogP contribution < -0.4 is 15.4 Å². The van der Waals surface area contributed by atoms with E-state index < -0.39 is 0 Å². The Morgan fingerprint density at radius 3 is 3.00 bits per heavy atom. The van der Waals surface area contributed by atoms with Crippen LogP contribution in [0.3, 0.4) is 0 Å². The van der Waals surface area contributed by atoms with Gasteiger partial charge in [0.15, 0.2) is 0 Å². The minimum atomic E-state index is -0.328. The van der Waals surface area contributed by atoms with E-state index in [2.05, 4.69) is 10.6 Å². The first kappa shape index (κ1) is 16.7. The van der Waals surface area contributed by atoms with Crippen molar-refractivity contribution < 1.29 is 13.9 Å². The monoisotopic (exact) mass is 342 g/mol. The molecule has 0 radical (unpaired) electrons. The number of rotatable bonds is 3. The number of amides is 1. The molecule has 0 aliphatic carbocycles. The van der Waals surface area contributed by atoms with Crippen LogP contribution in [0.2, 0.25) is 0 Å². The zero-order valence-electron chi connectivity index (χ0n) is 11.9. The van der Waals surface area contributed by atoms with Crippen LogP contribution in [0.4, 0.5) is 10.1 Å². The van der Waals surface area contributed by atoms with Crippen LogP contribution in [0.1, 0.15) is 20.8 Å². The molecule has 118 valence electrons. The minimum Gasteiger partial charge on any atom is -0.496 e. The number of fused-ring (bicyclic) bond motifs is 1. The average Bonchev–Trinajstić information content (AvgIpc) is 2.99. The second-order valence-electron chi connectivity index (χ2n) is 4.80. The highest BCUT2D eigenvalue weighted by Crippen LogP contribution is 2.26. The number of carbonyl (C=O) groups is 1. The van der Waals surface area contributed by atoms with Gasteiger partial charge in [-0.25, -0.2) is 4.39 Å². The molecule has 1 aliphatic rings. The van der Waals surface area contributed by atoms with Gasteiger partial charge in [0.2, 0.25) is 0 Å². The van der Waals surface area contributed by atoms with Crippen LogP contribution in [-0.4, -0.2) is 19.6 Å². The zero-order chi connectivity index (χ0) is 14.8. The molecule has 0 bridgehead atoms. The van der Waals surface area contributed by atoms with Crippen LogP contribution in [-0.2, 0) is 13.0 Å². The largest absolute Gasteiger partial charge is 0.496 e. The summed E-state index contributed by atoms with van der Waals surface area (Å²) in [7, 11) is 1.54. The van der Waals surface area contributed by atoms with Crippen molar-refractivity contribution in [3.8, 4) is 5.75 Å². The third-order valence-corrected chi connectivity index (χ3v) is 4.40. The van der Waals surface area contributed by atoms with Gasteiger partial charge in [0.1, 0.15) is 11.6 Å². The van der Waals surface area contributed by atoms with E-state index in [4.69, 9.17) is 4.74 Å². The normalized spacial score (nSPS) is 13.0. The molecule has 1 amide bonds. The lowest BCUT2D eigenvalue weighted by molar-refractivity contribution is 0.103. The number of nitrogens with one attached hydrogen (secondary N) is 2. The van der Waals surface area contributed by atoms with Crippen molar-refractivity contribution in [1.29, 1.82) is 0 Å². The summed E-state index contributed by atoms with van der Waals surface area (Å²) < 4.78 is 19.5. The lowest BCUT2D eigenvalue weighted by atomic mass is 9.99. The highest BCUT2D eigenvalue weighted by molar-refractivity contribution is 7.12. The molecule has 0 saturated carbocycles. The second kappa shape index (κ2) is 7.09. The minimum absolute atomic E-state index is 0. The van der Waals surface area contributed by atoms with Gasteiger partial charge in [-0.1, -0.05) is 6.07 Å². The first-order chi connectivity index (χ1) is 10.2. The van der Waals surface area contributed by atoms with E-state index in [0.717, 1.165) is 12.1 Å². The summed E-state index contributed by atoms with van der Waals surface area (Å²) in [4.78, 5) is 12.6. The number of benzene rings is 1. The maximum absolute atomic E-state index is 14.4. The molecule has 0 unspecified atom stereocenters. The summed E-state index contributed by atoms with van der Waals surface area (Å²) in [5.74, 6) is -0.0240. The SMILES string of the molecule is COc1csc(C(=O)Nc2ccc3c(c2F)CCNC3)c1.Cl. The van der Waals surface area contributed by atoms with Crippen molar-refractivity contribution in [2.75, 3.05) is 19.0 Å². The molecule has 1 aromatic heterocycles. The van der Waals surface area contributed by atoms with Gasteiger partial charge in [-0.05, 0) is 30.2 Å². The molecule has 3 rings (SSSR count). The quantitative estimate of drug-likeness (QED) is 0.900. The summed E-state index contributed by atoms with van der Waals surface area (Å²) in [6.45, 7) is 1.42. The van der Waals surface area contributed by atoms with Crippen LogP contribution in [0.25, 0.3) is 0 Å². The van der Waals surface area contributed by atoms with Gasteiger partial charge < -0.3 is 15.4 Å². The Hall–Kier alpha value is -1.63. The first-order valence-electron chi connectivity index (χ1n) is 6.64. The maximum Gasteiger partial charge on any atom is 0.265 e. The standard InChI is InChI=1S/C15H15FN2O2S.ClH/c1-20-10-6-13(21-8-10)15(19)18-12-3-2-9-7-17-5-4-11(9)14(12)16;/h2-3,6,8,17H,4-5,7H2,1H3,(H,18,19);1H. The van der Waals surface area contributed by atoms with E-state index in [0.29, 0.717) is 29.2 Å². The molecule has 22 heavy (non-hydrogen) atoms. The molecule has 0 spiro atoms. The molecule has 1 aromatic carbocycles. The lowest BCUT2D eigenvalue weighted by Gasteiger charge is -2.19. The molecule has 2 aromatic rings. The number of carbonyl (C=O) groups excluding carboxylic acids is 1. The highest BCUT2D eigenvalue weighted by Gasteiger charge is 2.18. The molecule has 0 saturated heterocycles. The lowest BCUT2D eigenvalue weighted by Crippen LogP contribution is -2.25. The number of methoxy groups -OCH3 is 1. The van der Waals surface area contributed by atoms with Crippen LogP contribution >= 0.6 is 23.7 Å². The summed E-state index contributed by atoms with van der Waals surface area (Å²) in [5, 5.41) is 7.57. The maximum atomic E-state index is 14.4. The van der Waals surface area contributed by atoms with Crippen LogP contribution in [0.15, 0.2) is 23.6 Å². The smallest absolute Gasteiger partial charge is 0.265 e. The Bertz CT molecular complexity index is 690. The summed E-state index contributed by atoms with van der Waals surface area (Å²) >= 11 is 1.27. The van der Waals surface area contributed by atoms with Gasteiger partial charge in [-0.2, -0.15) is 0 Å². The van der Waals surface area contributed by atoms with E-state index in [1.54, 1.807) is 24.6 Å². The van der Waals surface area contributed by atoms with E-state index in [1.807, 2.05) is 6.07 Å². The molecule has 0 atom stereocenters. The van der Waals surface area contributed by atoms with Crippen molar-refractivity contribution in [3.05, 3.63) is 45.4 Å². The molecular weight excluding hydrogens is 327 g/mol. The molecular formula is C15H16ClFN2O2S. The third-order valence-electron chi connectivity index (χ3n) is 3.49. The molecule has 7 heteroatoms. The topological polar surface area (TPSA) is 50.4 Å². The van der Waals surface area contributed by atoms with Gasteiger partial charge in [-0.3, -0.25) is 4.79 Å². The fourth-order valence-electron chi connectivity index (χ4n) is 2.36. The van der Waals surface area contributed by atoms with Crippen molar-refractivity contribution in [2.45, 2.75) is 13.0 Å². The summed E-state index contributed by atoms with van der Waals surface area (Å²) in [5.41, 5.74) is 1.87. The highest BCUT2D eigenvalue weighted by atomic mass is 35.5. The number of thiophene rings is 1. The fourth-order valence-corrected chi connectivity index (χ4v) is 3.11. The van der Waals surface area contributed by atoms with Crippen molar-refractivity contribution in [2.24, 2.45) is 0 Å². The van der Waals surface area contributed by atoms with Gasteiger partial charge >= 0.3 is 0 Å². The Balaban J connectivity index is 0.00000176. The Labute approximate surface area is 138 Å². The third kappa shape index (κ3) is 3.24.